The van der Waals surface area contributed by atoms with Crippen LogP contribution in [-0.2, 0) is 6.54 Å². The standard InChI is InChI=1S/C13H10BrN3OS/c14-8-5-17(6-9(15)13(8)18)7-12-16-10-3-1-2-4-11(10)19-12/h1-6H,7,15H2. The Balaban J connectivity index is 1.98. The summed E-state index contributed by atoms with van der Waals surface area (Å²) in [7, 11) is 0. The number of thiazole rings is 1. The molecule has 19 heavy (non-hydrogen) atoms. The van der Waals surface area contributed by atoms with Crippen LogP contribution < -0.4 is 11.2 Å². The van der Waals surface area contributed by atoms with Crippen LogP contribution in [0.15, 0.2) is 45.9 Å². The summed E-state index contributed by atoms with van der Waals surface area (Å²) in [6, 6.07) is 8.01. The van der Waals surface area contributed by atoms with Crippen LogP contribution >= 0.6 is 27.3 Å². The van der Waals surface area contributed by atoms with Crippen molar-refractivity contribution in [3.63, 3.8) is 0 Å². The maximum Gasteiger partial charge on any atom is 0.218 e. The van der Waals surface area contributed by atoms with E-state index in [1.165, 1.54) is 0 Å². The Labute approximate surface area is 121 Å². The van der Waals surface area contributed by atoms with Gasteiger partial charge in [-0.3, -0.25) is 4.79 Å². The first-order valence-corrected chi connectivity index (χ1v) is 7.24. The van der Waals surface area contributed by atoms with Crippen LogP contribution in [0.1, 0.15) is 5.01 Å². The molecule has 3 aromatic rings. The Morgan fingerprint density at radius 3 is 2.84 bits per heavy atom. The number of pyridine rings is 1. The largest absolute Gasteiger partial charge is 0.394 e. The van der Waals surface area contributed by atoms with Crippen LogP contribution in [0.25, 0.3) is 10.2 Å². The first-order chi connectivity index (χ1) is 9.13. The topological polar surface area (TPSA) is 60.9 Å². The maximum absolute atomic E-state index is 11.5. The Morgan fingerprint density at radius 1 is 1.32 bits per heavy atom. The van der Waals surface area contributed by atoms with Crippen LogP contribution in [-0.4, -0.2) is 9.55 Å². The smallest absolute Gasteiger partial charge is 0.218 e. The summed E-state index contributed by atoms with van der Waals surface area (Å²) >= 11 is 4.86. The van der Waals surface area contributed by atoms with Gasteiger partial charge in [0.1, 0.15) is 5.01 Å². The zero-order valence-electron chi connectivity index (χ0n) is 9.84. The molecule has 3 rings (SSSR count). The monoisotopic (exact) mass is 335 g/mol. The first kappa shape index (κ1) is 12.4. The van der Waals surface area contributed by atoms with Gasteiger partial charge in [-0.1, -0.05) is 12.1 Å². The zero-order valence-corrected chi connectivity index (χ0v) is 12.2. The molecule has 1 aromatic carbocycles. The van der Waals surface area contributed by atoms with Gasteiger partial charge in [0.15, 0.2) is 0 Å². The molecule has 0 aliphatic heterocycles. The molecule has 0 spiro atoms. The highest BCUT2D eigenvalue weighted by atomic mass is 79.9. The normalized spacial score (nSPS) is 11.0. The van der Waals surface area contributed by atoms with Crippen molar-refractivity contribution in [3.05, 3.63) is 56.4 Å². The minimum absolute atomic E-state index is 0.180. The van der Waals surface area contributed by atoms with E-state index in [4.69, 9.17) is 5.73 Å². The van der Waals surface area contributed by atoms with Crippen LogP contribution in [0.3, 0.4) is 0 Å². The quantitative estimate of drug-likeness (QED) is 0.783. The van der Waals surface area contributed by atoms with E-state index in [0.29, 0.717) is 11.0 Å². The number of hydrogen-bond acceptors (Lipinski definition) is 4. The van der Waals surface area contributed by atoms with E-state index in [9.17, 15) is 4.79 Å². The number of hydrogen-bond donors (Lipinski definition) is 1. The molecule has 4 nitrogen and oxygen atoms in total. The molecule has 0 amide bonds. The lowest BCUT2D eigenvalue weighted by Gasteiger charge is -2.05. The van der Waals surface area contributed by atoms with Crippen molar-refractivity contribution >= 4 is 43.2 Å². The zero-order chi connectivity index (χ0) is 13.4. The number of fused-ring (bicyclic) bond motifs is 1. The average Bonchev–Trinajstić information content (AvgIpc) is 2.78. The molecule has 0 saturated heterocycles. The van der Waals surface area contributed by atoms with Gasteiger partial charge >= 0.3 is 0 Å². The van der Waals surface area contributed by atoms with Crippen LogP contribution in [0.4, 0.5) is 5.69 Å². The first-order valence-electron chi connectivity index (χ1n) is 5.63. The van der Waals surface area contributed by atoms with E-state index in [2.05, 4.69) is 20.9 Å². The van der Waals surface area contributed by atoms with E-state index >= 15 is 0 Å². The third-order valence-corrected chi connectivity index (χ3v) is 4.31. The van der Waals surface area contributed by atoms with Gasteiger partial charge in [0, 0.05) is 12.4 Å². The van der Waals surface area contributed by atoms with E-state index < -0.39 is 0 Å². The van der Waals surface area contributed by atoms with Gasteiger partial charge in [0.2, 0.25) is 5.43 Å². The second-order valence-corrected chi connectivity index (χ2v) is 6.11. The summed E-state index contributed by atoms with van der Waals surface area (Å²) in [6.45, 7) is 0.600. The summed E-state index contributed by atoms with van der Waals surface area (Å²) < 4.78 is 3.48. The Kier molecular flexibility index (Phi) is 3.12. The Bertz CT molecular complexity index is 750. The van der Waals surface area contributed by atoms with Crippen molar-refractivity contribution in [3.8, 4) is 0 Å². The molecule has 2 N–H and O–H groups in total. The summed E-state index contributed by atoms with van der Waals surface area (Å²) in [6.07, 6.45) is 3.36. The molecule has 0 radical (unpaired) electrons. The van der Waals surface area contributed by atoms with Crippen molar-refractivity contribution in [2.45, 2.75) is 6.54 Å². The summed E-state index contributed by atoms with van der Waals surface area (Å²) in [5.41, 5.74) is 6.72. The highest BCUT2D eigenvalue weighted by Crippen LogP contribution is 2.22. The molecule has 0 aliphatic rings. The number of nitrogens with zero attached hydrogens (tertiary/aromatic N) is 2. The molecular formula is C13H10BrN3OS. The highest BCUT2D eigenvalue weighted by Gasteiger charge is 2.06. The van der Waals surface area contributed by atoms with Crippen molar-refractivity contribution < 1.29 is 0 Å². The van der Waals surface area contributed by atoms with Crippen molar-refractivity contribution in [2.75, 3.05) is 5.73 Å². The Morgan fingerprint density at radius 2 is 2.11 bits per heavy atom. The fourth-order valence-electron chi connectivity index (χ4n) is 1.85. The van der Waals surface area contributed by atoms with Gasteiger partial charge in [-0.2, -0.15) is 0 Å². The Hall–Kier alpha value is -1.66. The molecule has 0 atom stereocenters. The third kappa shape index (κ3) is 2.41. The van der Waals surface area contributed by atoms with E-state index in [1.807, 2.05) is 28.8 Å². The van der Waals surface area contributed by atoms with E-state index in [-0.39, 0.29) is 11.1 Å². The number of anilines is 1. The summed E-state index contributed by atoms with van der Waals surface area (Å²) in [4.78, 5) is 16.1. The van der Waals surface area contributed by atoms with Crippen molar-refractivity contribution in [2.24, 2.45) is 0 Å². The second kappa shape index (κ2) is 4.79. The molecule has 0 saturated carbocycles. The lowest BCUT2D eigenvalue weighted by atomic mass is 10.3. The molecule has 2 heterocycles. The maximum atomic E-state index is 11.5. The number of rotatable bonds is 2. The molecule has 0 unspecified atom stereocenters. The fraction of sp³-hybridized carbons (Fsp3) is 0.0769. The highest BCUT2D eigenvalue weighted by molar-refractivity contribution is 9.10. The number of nitrogens with two attached hydrogens (primary N) is 1. The molecular weight excluding hydrogens is 326 g/mol. The fourth-order valence-corrected chi connectivity index (χ4v) is 3.32. The molecule has 6 heteroatoms. The summed E-state index contributed by atoms with van der Waals surface area (Å²) in [5.74, 6) is 0. The van der Waals surface area contributed by atoms with E-state index in [1.54, 1.807) is 23.7 Å². The van der Waals surface area contributed by atoms with Gasteiger partial charge < -0.3 is 10.3 Å². The number of para-hydroxylation sites is 1. The lowest BCUT2D eigenvalue weighted by molar-refractivity contribution is 0.783. The number of halogens is 1. The average molecular weight is 336 g/mol. The minimum atomic E-state index is -0.180. The van der Waals surface area contributed by atoms with Crippen LogP contribution in [0.2, 0.25) is 0 Å². The van der Waals surface area contributed by atoms with Crippen LogP contribution in [0, 0.1) is 0 Å². The third-order valence-electron chi connectivity index (χ3n) is 2.72. The predicted molar refractivity (Wildman–Crippen MR) is 81.5 cm³/mol. The van der Waals surface area contributed by atoms with Crippen molar-refractivity contribution in [1.29, 1.82) is 0 Å². The van der Waals surface area contributed by atoms with E-state index in [0.717, 1.165) is 15.2 Å². The predicted octanol–water partition coefficient (Wildman–Crippen LogP) is 2.85. The van der Waals surface area contributed by atoms with Gasteiger partial charge in [-0.15, -0.1) is 11.3 Å². The van der Waals surface area contributed by atoms with Gasteiger partial charge in [-0.25, -0.2) is 4.98 Å². The molecule has 0 fully saturated rings. The second-order valence-electron chi connectivity index (χ2n) is 4.14. The van der Waals surface area contributed by atoms with Crippen LogP contribution in [0.5, 0.6) is 0 Å². The number of aromatic nitrogens is 2. The number of benzene rings is 1. The molecule has 0 bridgehead atoms. The van der Waals surface area contributed by atoms with Gasteiger partial charge in [0.05, 0.1) is 26.9 Å². The molecule has 2 aromatic heterocycles. The van der Waals surface area contributed by atoms with Gasteiger partial charge in [0.25, 0.3) is 0 Å². The SMILES string of the molecule is Nc1cn(Cc2nc3ccccc3s2)cc(Br)c1=O. The molecule has 0 aliphatic carbocycles. The summed E-state index contributed by atoms with van der Waals surface area (Å²) in [5, 5.41) is 0.983. The number of nitrogen functional groups attached to an aromatic ring is 1. The van der Waals surface area contributed by atoms with Crippen molar-refractivity contribution in [1.82, 2.24) is 9.55 Å². The van der Waals surface area contributed by atoms with Gasteiger partial charge in [-0.05, 0) is 28.1 Å². The molecule has 96 valence electrons. The lowest BCUT2D eigenvalue weighted by Crippen LogP contribution is -2.13. The minimum Gasteiger partial charge on any atom is -0.394 e.